The standard InChI is InChI=1S/C11H9ClN2O4/c1-15-4-9-13-11(18-14-9)6-2-7(12)10-8(3-6)16-5-17-10/h2-3H,4-5H2,1H3. The van der Waals surface area contributed by atoms with E-state index in [1.165, 1.54) is 0 Å². The molecule has 6 nitrogen and oxygen atoms in total. The predicted octanol–water partition coefficient (Wildman–Crippen LogP) is 2.27. The van der Waals surface area contributed by atoms with E-state index < -0.39 is 0 Å². The summed E-state index contributed by atoms with van der Waals surface area (Å²) in [6.45, 7) is 0.457. The zero-order valence-electron chi connectivity index (χ0n) is 9.47. The number of benzene rings is 1. The minimum Gasteiger partial charge on any atom is -0.454 e. The molecule has 0 saturated carbocycles. The normalized spacial score (nSPS) is 13.0. The van der Waals surface area contributed by atoms with Crippen LogP contribution in [0.4, 0.5) is 0 Å². The van der Waals surface area contributed by atoms with Crippen molar-refractivity contribution in [3.8, 4) is 23.0 Å². The van der Waals surface area contributed by atoms with E-state index in [2.05, 4.69) is 10.1 Å². The summed E-state index contributed by atoms with van der Waals surface area (Å²) in [5.74, 6) is 1.95. The molecule has 1 aliphatic rings. The van der Waals surface area contributed by atoms with Gasteiger partial charge in [-0.05, 0) is 12.1 Å². The van der Waals surface area contributed by atoms with E-state index in [4.69, 9.17) is 30.3 Å². The molecule has 0 N–H and O–H groups in total. The van der Waals surface area contributed by atoms with E-state index in [1.54, 1.807) is 19.2 Å². The minimum atomic E-state index is 0.164. The van der Waals surface area contributed by atoms with Gasteiger partial charge >= 0.3 is 0 Å². The second-order valence-corrected chi connectivity index (χ2v) is 4.05. The molecule has 18 heavy (non-hydrogen) atoms. The first kappa shape index (κ1) is 11.3. The lowest BCUT2D eigenvalue weighted by molar-refractivity contribution is 0.174. The molecule has 1 aliphatic heterocycles. The molecule has 0 aliphatic carbocycles. The second-order valence-electron chi connectivity index (χ2n) is 3.64. The van der Waals surface area contributed by atoms with Crippen molar-refractivity contribution in [1.82, 2.24) is 10.1 Å². The molecule has 0 bridgehead atoms. The Bertz CT molecular complexity index is 584. The highest BCUT2D eigenvalue weighted by molar-refractivity contribution is 6.32. The van der Waals surface area contributed by atoms with Crippen LogP contribution in [0, 0.1) is 0 Å². The smallest absolute Gasteiger partial charge is 0.258 e. The summed E-state index contributed by atoms with van der Waals surface area (Å²) in [7, 11) is 1.56. The number of hydrogen-bond acceptors (Lipinski definition) is 6. The van der Waals surface area contributed by atoms with Gasteiger partial charge in [-0.25, -0.2) is 0 Å². The van der Waals surface area contributed by atoms with Crippen LogP contribution in [-0.2, 0) is 11.3 Å². The zero-order valence-corrected chi connectivity index (χ0v) is 10.2. The molecular formula is C11H9ClN2O4. The van der Waals surface area contributed by atoms with Crippen LogP contribution in [0.15, 0.2) is 16.7 Å². The number of ether oxygens (including phenoxy) is 3. The topological polar surface area (TPSA) is 66.6 Å². The highest BCUT2D eigenvalue weighted by Crippen LogP contribution is 2.41. The Labute approximate surface area is 107 Å². The first-order valence-corrected chi connectivity index (χ1v) is 5.57. The van der Waals surface area contributed by atoms with Crippen molar-refractivity contribution in [3.63, 3.8) is 0 Å². The van der Waals surface area contributed by atoms with Gasteiger partial charge in [-0.15, -0.1) is 0 Å². The summed E-state index contributed by atoms with van der Waals surface area (Å²) in [5, 5.41) is 4.23. The van der Waals surface area contributed by atoms with Crippen LogP contribution < -0.4 is 9.47 Å². The molecule has 2 aromatic rings. The molecule has 0 fully saturated rings. The van der Waals surface area contributed by atoms with Crippen LogP contribution in [0.2, 0.25) is 5.02 Å². The fourth-order valence-electron chi connectivity index (χ4n) is 1.65. The molecule has 3 rings (SSSR count). The molecule has 0 radical (unpaired) electrons. The van der Waals surface area contributed by atoms with Crippen LogP contribution in [-0.4, -0.2) is 24.0 Å². The van der Waals surface area contributed by atoms with Crippen LogP contribution >= 0.6 is 11.6 Å². The van der Waals surface area contributed by atoms with Gasteiger partial charge in [-0.2, -0.15) is 4.98 Å². The number of rotatable bonds is 3. The Balaban J connectivity index is 1.98. The van der Waals surface area contributed by atoms with Gasteiger partial charge in [0, 0.05) is 12.7 Å². The number of hydrogen-bond donors (Lipinski definition) is 0. The number of aromatic nitrogens is 2. The monoisotopic (exact) mass is 268 g/mol. The summed E-state index contributed by atoms with van der Waals surface area (Å²) in [6, 6.07) is 3.44. The fourth-order valence-corrected chi connectivity index (χ4v) is 1.92. The quantitative estimate of drug-likeness (QED) is 0.851. The van der Waals surface area contributed by atoms with Gasteiger partial charge in [-0.1, -0.05) is 16.8 Å². The SMILES string of the molecule is COCc1noc(-c2cc(Cl)c3c(c2)OCO3)n1. The van der Waals surface area contributed by atoms with E-state index in [9.17, 15) is 0 Å². The lowest BCUT2D eigenvalue weighted by Crippen LogP contribution is -1.93. The van der Waals surface area contributed by atoms with Crippen molar-refractivity contribution in [2.75, 3.05) is 13.9 Å². The van der Waals surface area contributed by atoms with Crippen molar-refractivity contribution < 1.29 is 18.7 Å². The summed E-state index contributed by atoms with van der Waals surface area (Å²) in [4.78, 5) is 4.18. The number of halogens is 1. The molecule has 94 valence electrons. The van der Waals surface area contributed by atoms with Gasteiger partial charge in [0.1, 0.15) is 6.61 Å². The molecule has 0 atom stereocenters. The van der Waals surface area contributed by atoms with Crippen LogP contribution in [0.25, 0.3) is 11.5 Å². The average Bonchev–Trinajstić information content (AvgIpc) is 2.97. The summed E-state index contributed by atoms with van der Waals surface area (Å²) < 4.78 is 20.5. The van der Waals surface area contributed by atoms with Crippen LogP contribution in [0.5, 0.6) is 11.5 Å². The summed E-state index contributed by atoms with van der Waals surface area (Å²) in [6.07, 6.45) is 0. The van der Waals surface area contributed by atoms with Crippen molar-refractivity contribution in [2.45, 2.75) is 6.61 Å². The lowest BCUT2D eigenvalue weighted by Gasteiger charge is -2.00. The second kappa shape index (κ2) is 4.47. The molecule has 0 saturated heterocycles. The number of nitrogens with zero attached hydrogens (tertiary/aromatic N) is 2. The maximum Gasteiger partial charge on any atom is 0.258 e. The molecule has 0 amide bonds. The van der Waals surface area contributed by atoms with E-state index in [0.717, 1.165) is 0 Å². The largest absolute Gasteiger partial charge is 0.454 e. The van der Waals surface area contributed by atoms with Gasteiger partial charge in [0.15, 0.2) is 17.3 Å². The van der Waals surface area contributed by atoms with E-state index in [1.807, 2.05) is 0 Å². The Kier molecular flexibility index (Phi) is 2.81. The predicted molar refractivity (Wildman–Crippen MR) is 61.6 cm³/mol. The molecular weight excluding hydrogens is 260 g/mol. The van der Waals surface area contributed by atoms with Gasteiger partial charge in [0.2, 0.25) is 6.79 Å². The van der Waals surface area contributed by atoms with Gasteiger partial charge in [0.25, 0.3) is 5.89 Å². The van der Waals surface area contributed by atoms with Crippen LogP contribution in [0.1, 0.15) is 5.82 Å². The molecule has 1 aromatic heterocycles. The van der Waals surface area contributed by atoms with Crippen molar-refractivity contribution in [1.29, 1.82) is 0 Å². The third-order valence-corrected chi connectivity index (χ3v) is 2.70. The lowest BCUT2D eigenvalue weighted by atomic mass is 10.2. The summed E-state index contributed by atoms with van der Waals surface area (Å²) in [5.41, 5.74) is 0.680. The third-order valence-electron chi connectivity index (χ3n) is 2.42. The molecule has 0 spiro atoms. The van der Waals surface area contributed by atoms with Crippen molar-refractivity contribution in [2.24, 2.45) is 0 Å². The highest BCUT2D eigenvalue weighted by atomic mass is 35.5. The molecule has 7 heteroatoms. The molecule has 2 heterocycles. The van der Waals surface area contributed by atoms with Crippen molar-refractivity contribution in [3.05, 3.63) is 23.0 Å². The maximum atomic E-state index is 6.07. The van der Waals surface area contributed by atoms with Gasteiger partial charge in [-0.3, -0.25) is 0 Å². The Morgan fingerprint density at radius 2 is 2.28 bits per heavy atom. The van der Waals surface area contributed by atoms with Crippen LogP contribution in [0.3, 0.4) is 0 Å². The first-order valence-electron chi connectivity index (χ1n) is 5.19. The van der Waals surface area contributed by atoms with Gasteiger partial charge in [0.05, 0.1) is 5.02 Å². The maximum absolute atomic E-state index is 6.07. The average molecular weight is 269 g/mol. The first-order chi connectivity index (χ1) is 8.78. The van der Waals surface area contributed by atoms with E-state index in [0.29, 0.717) is 40.4 Å². The molecule has 0 unspecified atom stereocenters. The Hall–Kier alpha value is -1.79. The van der Waals surface area contributed by atoms with Gasteiger partial charge < -0.3 is 18.7 Å². The molecule has 1 aromatic carbocycles. The van der Waals surface area contributed by atoms with Crippen molar-refractivity contribution >= 4 is 11.6 Å². The zero-order chi connectivity index (χ0) is 12.5. The van der Waals surface area contributed by atoms with E-state index in [-0.39, 0.29) is 6.79 Å². The third kappa shape index (κ3) is 1.89. The minimum absolute atomic E-state index is 0.164. The summed E-state index contributed by atoms with van der Waals surface area (Å²) >= 11 is 6.07. The van der Waals surface area contributed by atoms with E-state index >= 15 is 0 Å². The number of fused-ring (bicyclic) bond motifs is 1. The number of methoxy groups -OCH3 is 1. The Morgan fingerprint density at radius 3 is 3.11 bits per heavy atom. The Morgan fingerprint density at radius 1 is 1.39 bits per heavy atom. The highest BCUT2D eigenvalue weighted by Gasteiger charge is 2.20. The fraction of sp³-hybridized carbons (Fsp3) is 0.273.